The molecule has 4 rings (SSSR count). The number of carbonyl (C=O) groups excluding carboxylic acids is 1. The molecule has 1 aliphatic rings. The highest BCUT2D eigenvalue weighted by atomic mass is 32.2. The van der Waals surface area contributed by atoms with Gasteiger partial charge in [-0.2, -0.15) is 0 Å². The summed E-state index contributed by atoms with van der Waals surface area (Å²) in [5.74, 6) is -0.0822. The van der Waals surface area contributed by atoms with Crippen LogP contribution < -0.4 is 9.62 Å². The monoisotopic (exact) mass is 541 g/mol. The van der Waals surface area contributed by atoms with Crippen molar-refractivity contribution in [3.63, 3.8) is 0 Å². The number of sulfone groups is 1. The van der Waals surface area contributed by atoms with Crippen LogP contribution in [0.5, 0.6) is 0 Å². The normalized spacial score (nSPS) is 14.9. The Balaban J connectivity index is 1.45. The van der Waals surface area contributed by atoms with Crippen molar-refractivity contribution in [2.75, 3.05) is 32.1 Å². The molecule has 1 N–H and O–H groups in total. The Morgan fingerprint density at radius 2 is 1.49 bits per heavy atom. The van der Waals surface area contributed by atoms with Crippen molar-refractivity contribution in [3.05, 3.63) is 83.9 Å². The number of piperidine rings is 1. The number of amides is 1. The fourth-order valence-corrected chi connectivity index (χ4v) is 7.30. The molecule has 196 valence electrons. The van der Waals surface area contributed by atoms with Crippen LogP contribution >= 0.6 is 0 Å². The molecule has 10 heteroatoms. The number of aryl methyl sites for hydroxylation is 1. The lowest BCUT2D eigenvalue weighted by molar-refractivity contribution is 0.0711. The van der Waals surface area contributed by atoms with E-state index >= 15 is 0 Å². The van der Waals surface area contributed by atoms with Gasteiger partial charge in [-0.15, -0.1) is 0 Å². The molecule has 1 amide bonds. The smallest absolute Gasteiger partial charge is 0.253 e. The first-order valence-electron chi connectivity index (χ1n) is 12.0. The number of nitrogens with one attached hydrogen (secondary N) is 1. The second kappa shape index (κ2) is 10.6. The Bertz CT molecular complexity index is 1480. The van der Waals surface area contributed by atoms with Gasteiger partial charge in [0, 0.05) is 44.5 Å². The molecule has 1 heterocycles. The van der Waals surface area contributed by atoms with E-state index in [1.807, 2.05) is 31.1 Å². The molecule has 0 radical (unpaired) electrons. The zero-order valence-corrected chi connectivity index (χ0v) is 22.7. The zero-order chi connectivity index (χ0) is 26.8. The summed E-state index contributed by atoms with van der Waals surface area (Å²) in [4.78, 5) is 16.5. The molecule has 3 aromatic rings. The highest BCUT2D eigenvalue weighted by molar-refractivity contribution is 7.91. The Hall–Kier alpha value is -3.21. The van der Waals surface area contributed by atoms with Crippen LogP contribution in [0.4, 0.5) is 5.69 Å². The lowest BCUT2D eigenvalue weighted by atomic mass is 10.0. The number of likely N-dealkylation sites (tertiary alicyclic amines) is 1. The van der Waals surface area contributed by atoms with Crippen molar-refractivity contribution in [3.8, 4) is 0 Å². The minimum absolute atomic E-state index is 0.0657. The van der Waals surface area contributed by atoms with Crippen LogP contribution in [-0.2, 0) is 19.9 Å². The van der Waals surface area contributed by atoms with Crippen molar-refractivity contribution < 1.29 is 21.6 Å². The molecule has 8 nitrogen and oxygen atoms in total. The van der Waals surface area contributed by atoms with Crippen molar-refractivity contribution in [1.29, 1.82) is 0 Å². The maximum atomic E-state index is 13.3. The Morgan fingerprint density at radius 1 is 0.865 bits per heavy atom. The van der Waals surface area contributed by atoms with Gasteiger partial charge in [-0.05, 0) is 73.9 Å². The third kappa shape index (κ3) is 5.87. The number of benzene rings is 3. The number of carbonyl (C=O) groups is 1. The van der Waals surface area contributed by atoms with E-state index in [9.17, 15) is 21.6 Å². The van der Waals surface area contributed by atoms with Gasteiger partial charge in [-0.1, -0.05) is 24.3 Å². The molecule has 0 spiro atoms. The topological polar surface area (TPSA) is 104 Å². The number of sulfonamides is 1. The van der Waals surface area contributed by atoms with E-state index in [1.54, 1.807) is 42.2 Å². The van der Waals surface area contributed by atoms with Crippen molar-refractivity contribution in [2.45, 2.75) is 40.5 Å². The molecule has 1 saturated heterocycles. The van der Waals surface area contributed by atoms with Crippen molar-refractivity contribution in [1.82, 2.24) is 9.62 Å². The highest BCUT2D eigenvalue weighted by Crippen LogP contribution is 2.26. The minimum Gasteiger partial charge on any atom is -0.378 e. The summed E-state index contributed by atoms with van der Waals surface area (Å²) in [6.07, 6.45) is 0.920. The number of nitrogens with zero attached hydrogens (tertiary/aromatic N) is 2. The van der Waals surface area contributed by atoms with Gasteiger partial charge in [0.05, 0.1) is 14.7 Å². The lowest BCUT2D eigenvalue weighted by Crippen LogP contribution is -2.46. The molecule has 1 aliphatic heterocycles. The summed E-state index contributed by atoms with van der Waals surface area (Å²) in [6.45, 7) is 2.47. The summed E-state index contributed by atoms with van der Waals surface area (Å²) in [7, 11) is -3.98. The van der Waals surface area contributed by atoms with Gasteiger partial charge >= 0.3 is 0 Å². The summed E-state index contributed by atoms with van der Waals surface area (Å²) in [5.41, 5.74) is 2.05. The largest absolute Gasteiger partial charge is 0.378 e. The summed E-state index contributed by atoms with van der Waals surface area (Å²) in [5, 5.41) is 0. The Labute approximate surface area is 218 Å². The van der Waals surface area contributed by atoms with E-state index in [-0.39, 0.29) is 26.6 Å². The van der Waals surface area contributed by atoms with Crippen LogP contribution in [0.15, 0.2) is 87.5 Å². The van der Waals surface area contributed by atoms with Gasteiger partial charge in [0.2, 0.25) is 19.9 Å². The average molecular weight is 542 g/mol. The number of hydrogen-bond donors (Lipinski definition) is 1. The predicted molar refractivity (Wildman–Crippen MR) is 143 cm³/mol. The summed E-state index contributed by atoms with van der Waals surface area (Å²) in [6, 6.07) is 19.1. The third-order valence-electron chi connectivity index (χ3n) is 6.55. The van der Waals surface area contributed by atoms with Crippen LogP contribution in [0.1, 0.15) is 28.8 Å². The molecule has 0 aromatic heterocycles. The quantitative estimate of drug-likeness (QED) is 0.491. The molecule has 3 aromatic carbocycles. The highest BCUT2D eigenvalue weighted by Gasteiger charge is 2.29. The Morgan fingerprint density at radius 3 is 2.08 bits per heavy atom. The molecule has 0 aliphatic carbocycles. The van der Waals surface area contributed by atoms with E-state index < -0.39 is 19.9 Å². The van der Waals surface area contributed by atoms with Crippen LogP contribution in [0, 0.1) is 6.92 Å². The van der Waals surface area contributed by atoms with Gasteiger partial charge in [0.15, 0.2) is 0 Å². The lowest BCUT2D eigenvalue weighted by Gasteiger charge is -2.32. The molecular formula is C27H31N3O5S2. The summed E-state index contributed by atoms with van der Waals surface area (Å²) >= 11 is 0. The fraction of sp³-hybridized carbons (Fsp3) is 0.296. The first-order chi connectivity index (χ1) is 17.5. The molecule has 0 unspecified atom stereocenters. The first-order valence-corrected chi connectivity index (χ1v) is 15.0. The predicted octanol–water partition coefficient (Wildman–Crippen LogP) is 3.48. The van der Waals surface area contributed by atoms with E-state index in [0.29, 0.717) is 37.1 Å². The standard InChI is InChI=1S/C27H31N3O5S2/c1-20-9-14-25(36(32,33)24-7-5-4-6-8-24)19-26(20)37(34,35)28-22-15-17-30(18-16-22)27(31)21-10-12-23(13-11-21)29(2)3/h4-14,19,22,28H,15-18H2,1-3H3. The van der Waals surface area contributed by atoms with Gasteiger partial charge in [-0.25, -0.2) is 21.6 Å². The van der Waals surface area contributed by atoms with Gasteiger partial charge < -0.3 is 9.80 Å². The molecule has 1 fully saturated rings. The maximum absolute atomic E-state index is 13.3. The van der Waals surface area contributed by atoms with E-state index in [2.05, 4.69) is 4.72 Å². The molecule has 0 bridgehead atoms. The van der Waals surface area contributed by atoms with Crippen molar-refractivity contribution >= 4 is 31.5 Å². The SMILES string of the molecule is Cc1ccc(S(=O)(=O)c2ccccc2)cc1S(=O)(=O)NC1CCN(C(=O)c2ccc(N(C)C)cc2)CC1. The second-order valence-corrected chi connectivity index (χ2v) is 13.0. The molecule has 0 saturated carbocycles. The summed E-state index contributed by atoms with van der Waals surface area (Å²) < 4.78 is 55.3. The van der Waals surface area contributed by atoms with Crippen LogP contribution in [0.2, 0.25) is 0 Å². The van der Waals surface area contributed by atoms with Gasteiger partial charge in [0.25, 0.3) is 5.91 Å². The first kappa shape index (κ1) is 26.8. The van der Waals surface area contributed by atoms with E-state index in [1.165, 1.54) is 30.3 Å². The van der Waals surface area contributed by atoms with Gasteiger partial charge in [0.1, 0.15) is 0 Å². The molecular weight excluding hydrogens is 510 g/mol. The van der Waals surface area contributed by atoms with Crippen LogP contribution in [0.25, 0.3) is 0 Å². The van der Waals surface area contributed by atoms with E-state index in [0.717, 1.165) is 5.69 Å². The van der Waals surface area contributed by atoms with Crippen LogP contribution in [0.3, 0.4) is 0 Å². The van der Waals surface area contributed by atoms with Crippen molar-refractivity contribution in [2.24, 2.45) is 0 Å². The van der Waals surface area contributed by atoms with Gasteiger partial charge in [-0.3, -0.25) is 4.79 Å². The second-order valence-electron chi connectivity index (χ2n) is 9.37. The molecule has 0 atom stereocenters. The third-order valence-corrected chi connectivity index (χ3v) is 9.98. The minimum atomic E-state index is -3.98. The van der Waals surface area contributed by atoms with Crippen LogP contribution in [-0.4, -0.2) is 60.9 Å². The molecule has 37 heavy (non-hydrogen) atoms. The fourth-order valence-electron chi connectivity index (χ4n) is 4.34. The van der Waals surface area contributed by atoms with E-state index in [4.69, 9.17) is 0 Å². The number of rotatable bonds is 7. The number of hydrogen-bond acceptors (Lipinski definition) is 6. The average Bonchev–Trinajstić information content (AvgIpc) is 2.89. The Kier molecular flexibility index (Phi) is 7.72. The zero-order valence-electron chi connectivity index (χ0n) is 21.1. The number of anilines is 1. The maximum Gasteiger partial charge on any atom is 0.253 e.